The highest BCUT2D eigenvalue weighted by atomic mass is 19.1. The number of ether oxygens (including phenoxy) is 3. The van der Waals surface area contributed by atoms with Gasteiger partial charge in [0.1, 0.15) is 30.5 Å². The fourth-order valence-corrected chi connectivity index (χ4v) is 1.92. The summed E-state index contributed by atoms with van der Waals surface area (Å²) in [6.45, 7) is -0.463. The average Bonchev–Trinajstić information content (AvgIpc) is 2.35. The van der Waals surface area contributed by atoms with Crippen LogP contribution in [0.25, 0.3) is 0 Å². The van der Waals surface area contributed by atoms with Gasteiger partial charge in [-0.3, -0.25) is 0 Å². The predicted octanol–water partition coefficient (Wildman–Crippen LogP) is -2.46. The molecule has 106 valence electrons. The molecule has 0 amide bonds. The van der Waals surface area contributed by atoms with E-state index in [1.54, 1.807) is 0 Å². The van der Waals surface area contributed by atoms with Crippen molar-refractivity contribution in [1.82, 2.24) is 0 Å². The third-order valence-corrected chi connectivity index (χ3v) is 3.07. The van der Waals surface area contributed by atoms with E-state index < -0.39 is 43.0 Å². The molecular formula is C10H17FO7. The highest BCUT2D eigenvalue weighted by molar-refractivity contribution is 4.86. The van der Waals surface area contributed by atoms with Gasteiger partial charge in [0.2, 0.25) is 0 Å². The van der Waals surface area contributed by atoms with Gasteiger partial charge in [0.15, 0.2) is 12.5 Å². The third-order valence-electron chi connectivity index (χ3n) is 3.07. The summed E-state index contributed by atoms with van der Waals surface area (Å²) in [6, 6.07) is 0. The third kappa shape index (κ3) is 2.80. The van der Waals surface area contributed by atoms with Gasteiger partial charge < -0.3 is 34.6 Å². The summed E-state index contributed by atoms with van der Waals surface area (Å²) in [6.07, 6.45) is -9.26. The summed E-state index contributed by atoms with van der Waals surface area (Å²) < 4.78 is 28.2. The van der Waals surface area contributed by atoms with Crippen molar-refractivity contribution < 1.29 is 39.0 Å². The Labute approximate surface area is 103 Å². The lowest BCUT2D eigenvalue weighted by molar-refractivity contribution is -0.302. The molecule has 2 fully saturated rings. The highest BCUT2D eigenvalue weighted by Crippen LogP contribution is 2.22. The van der Waals surface area contributed by atoms with E-state index in [2.05, 4.69) is 0 Å². The van der Waals surface area contributed by atoms with Crippen molar-refractivity contribution in [2.45, 2.75) is 43.0 Å². The first-order chi connectivity index (χ1) is 8.50. The van der Waals surface area contributed by atoms with Gasteiger partial charge in [-0.1, -0.05) is 0 Å². The molecule has 0 aromatic rings. The number of halogens is 1. The molecule has 0 aromatic heterocycles. The van der Waals surface area contributed by atoms with E-state index in [0.717, 1.165) is 0 Å². The topological polar surface area (TPSA) is 109 Å². The standard InChI is InChI=1S/C10H17FO7/c11-4-1-16-3-6(7(4)13)18-10-9(15)8(14)5(12)2-17-10/h4-10,12-15H,1-3H2. The quantitative estimate of drug-likeness (QED) is 0.440. The molecule has 18 heavy (non-hydrogen) atoms. The highest BCUT2D eigenvalue weighted by Gasteiger charge is 2.42. The van der Waals surface area contributed by atoms with Gasteiger partial charge in [0.05, 0.1) is 19.8 Å². The fourth-order valence-electron chi connectivity index (χ4n) is 1.92. The Morgan fingerprint density at radius 3 is 2.39 bits per heavy atom. The molecule has 0 aliphatic carbocycles. The number of alkyl halides is 1. The van der Waals surface area contributed by atoms with Crippen LogP contribution in [0.2, 0.25) is 0 Å². The lowest BCUT2D eigenvalue weighted by Crippen LogP contribution is -2.57. The van der Waals surface area contributed by atoms with E-state index in [4.69, 9.17) is 14.2 Å². The molecule has 0 bridgehead atoms. The number of aliphatic hydroxyl groups is 4. The second-order valence-electron chi connectivity index (χ2n) is 4.47. The maximum atomic E-state index is 13.2. The van der Waals surface area contributed by atoms with E-state index >= 15 is 0 Å². The Hall–Kier alpha value is -0.350. The van der Waals surface area contributed by atoms with Gasteiger partial charge in [-0.05, 0) is 0 Å². The van der Waals surface area contributed by atoms with Crippen LogP contribution in [0.3, 0.4) is 0 Å². The molecule has 7 atom stereocenters. The van der Waals surface area contributed by atoms with Crippen molar-refractivity contribution in [3.63, 3.8) is 0 Å². The first kappa shape index (κ1) is 14.1. The number of rotatable bonds is 2. The average molecular weight is 268 g/mol. The lowest BCUT2D eigenvalue weighted by atomic mass is 10.0. The van der Waals surface area contributed by atoms with E-state index in [0.29, 0.717) is 0 Å². The van der Waals surface area contributed by atoms with Crippen LogP contribution in [-0.4, -0.2) is 83.2 Å². The van der Waals surface area contributed by atoms with Gasteiger partial charge in [-0.25, -0.2) is 4.39 Å². The molecule has 0 spiro atoms. The molecule has 7 nitrogen and oxygen atoms in total. The van der Waals surface area contributed by atoms with Crippen molar-refractivity contribution in [2.75, 3.05) is 19.8 Å². The minimum absolute atomic E-state index is 0.0349. The summed E-state index contributed by atoms with van der Waals surface area (Å²) in [7, 11) is 0. The summed E-state index contributed by atoms with van der Waals surface area (Å²) in [5, 5.41) is 37.8. The van der Waals surface area contributed by atoms with E-state index in [1.807, 2.05) is 0 Å². The molecule has 2 saturated heterocycles. The Kier molecular flexibility index (Phi) is 4.49. The van der Waals surface area contributed by atoms with Crippen molar-refractivity contribution in [2.24, 2.45) is 0 Å². The summed E-state index contributed by atoms with van der Waals surface area (Å²) >= 11 is 0. The van der Waals surface area contributed by atoms with Crippen molar-refractivity contribution >= 4 is 0 Å². The van der Waals surface area contributed by atoms with Crippen LogP contribution in [0.5, 0.6) is 0 Å². The molecule has 7 unspecified atom stereocenters. The maximum absolute atomic E-state index is 13.2. The van der Waals surface area contributed by atoms with Crippen LogP contribution in [0.4, 0.5) is 4.39 Å². The van der Waals surface area contributed by atoms with Crippen LogP contribution >= 0.6 is 0 Å². The summed E-state index contributed by atoms with van der Waals surface area (Å²) in [4.78, 5) is 0. The Bertz CT molecular complexity index is 279. The Morgan fingerprint density at radius 1 is 0.944 bits per heavy atom. The summed E-state index contributed by atoms with van der Waals surface area (Å²) in [5.41, 5.74) is 0. The van der Waals surface area contributed by atoms with E-state index in [1.165, 1.54) is 0 Å². The molecule has 0 aromatic carbocycles. The first-order valence-corrected chi connectivity index (χ1v) is 5.72. The zero-order valence-corrected chi connectivity index (χ0v) is 9.55. The molecule has 8 heteroatoms. The van der Waals surface area contributed by atoms with E-state index in [-0.39, 0.29) is 19.8 Å². The smallest absolute Gasteiger partial charge is 0.186 e. The normalized spacial score (nSPS) is 50.2. The van der Waals surface area contributed by atoms with Crippen LogP contribution in [-0.2, 0) is 14.2 Å². The molecule has 2 rings (SSSR count). The zero-order chi connectivity index (χ0) is 13.3. The monoisotopic (exact) mass is 268 g/mol. The molecule has 2 heterocycles. The maximum Gasteiger partial charge on any atom is 0.186 e. The second kappa shape index (κ2) is 5.74. The molecule has 4 N–H and O–H groups in total. The van der Waals surface area contributed by atoms with E-state index in [9.17, 15) is 24.8 Å². The molecule has 2 aliphatic rings. The van der Waals surface area contributed by atoms with Gasteiger partial charge in [0.25, 0.3) is 0 Å². The molecule has 0 saturated carbocycles. The lowest BCUT2D eigenvalue weighted by Gasteiger charge is -2.39. The first-order valence-electron chi connectivity index (χ1n) is 5.72. The van der Waals surface area contributed by atoms with Gasteiger partial charge in [-0.2, -0.15) is 0 Å². The predicted molar refractivity (Wildman–Crippen MR) is 54.4 cm³/mol. The Morgan fingerprint density at radius 2 is 1.67 bits per heavy atom. The Balaban J connectivity index is 1.92. The van der Waals surface area contributed by atoms with Crippen molar-refractivity contribution in [3.05, 3.63) is 0 Å². The van der Waals surface area contributed by atoms with Gasteiger partial charge >= 0.3 is 0 Å². The minimum Gasteiger partial charge on any atom is -0.388 e. The zero-order valence-electron chi connectivity index (χ0n) is 9.55. The van der Waals surface area contributed by atoms with Crippen LogP contribution in [0, 0.1) is 0 Å². The fraction of sp³-hybridized carbons (Fsp3) is 1.00. The summed E-state index contributed by atoms with van der Waals surface area (Å²) in [5.74, 6) is 0. The van der Waals surface area contributed by atoms with Crippen LogP contribution in [0.15, 0.2) is 0 Å². The second-order valence-corrected chi connectivity index (χ2v) is 4.47. The van der Waals surface area contributed by atoms with Gasteiger partial charge in [0, 0.05) is 0 Å². The van der Waals surface area contributed by atoms with Crippen molar-refractivity contribution in [1.29, 1.82) is 0 Å². The van der Waals surface area contributed by atoms with Gasteiger partial charge in [-0.15, -0.1) is 0 Å². The molecular weight excluding hydrogens is 251 g/mol. The molecule has 2 aliphatic heterocycles. The number of hydrogen-bond acceptors (Lipinski definition) is 7. The largest absolute Gasteiger partial charge is 0.388 e. The minimum atomic E-state index is -1.57. The number of aliphatic hydroxyl groups excluding tert-OH is 4. The van der Waals surface area contributed by atoms with Crippen molar-refractivity contribution in [3.8, 4) is 0 Å². The SMILES string of the molecule is OC1COC(OC2COCC(F)C2O)C(O)C1O. The van der Waals surface area contributed by atoms with Crippen LogP contribution in [0.1, 0.15) is 0 Å². The van der Waals surface area contributed by atoms with Crippen LogP contribution < -0.4 is 0 Å². The molecule has 0 radical (unpaired) electrons. The number of hydrogen-bond donors (Lipinski definition) is 4.